The summed E-state index contributed by atoms with van der Waals surface area (Å²) in [6.45, 7) is 3.40. The topological polar surface area (TPSA) is 50.5 Å². The second-order valence-electron chi connectivity index (χ2n) is 7.34. The fourth-order valence-corrected chi connectivity index (χ4v) is 3.95. The summed E-state index contributed by atoms with van der Waals surface area (Å²) in [7, 11) is 0. The molecule has 1 aliphatic heterocycles. The van der Waals surface area contributed by atoms with E-state index in [0.29, 0.717) is 6.04 Å². The highest BCUT2D eigenvalue weighted by Gasteiger charge is 2.30. The predicted molar refractivity (Wildman–Crippen MR) is 99.3 cm³/mol. The van der Waals surface area contributed by atoms with Gasteiger partial charge < -0.3 is 14.7 Å². The minimum atomic E-state index is -0.582. The van der Waals surface area contributed by atoms with Crippen LogP contribution in [-0.2, 0) is 6.42 Å². The summed E-state index contributed by atoms with van der Waals surface area (Å²) in [5, 5.41) is 14.7. The summed E-state index contributed by atoms with van der Waals surface area (Å²) >= 11 is 0. The molecule has 0 saturated heterocycles. The molecule has 140 valence electrons. The summed E-state index contributed by atoms with van der Waals surface area (Å²) in [5.41, 5.74) is 3.97. The van der Waals surface area contributed by atoms with Crippen molar-refractivity contribution in [1.82, 2.24) is 9.78 Å². The lowest BCUT2D eigenvalue weighted by Crippen LogP contribution is -2.43. The van der Waals surface area contributed by atoms with Gasteiger partial charge in [0.1, 0.15) is 25.3 Å². The normalized spacial score (nSPS) is 20.8. The zero-order valence-electron chi connectivity index (χ0n) is 15.4. The Bertz CT molecular complexity index is 785. The van der Waals surface area contributed by atoms with Crippen LogP contribution in [0, 0.1) is 0 Å². The second kappa shape index (κ2) is 6.91. The van der Waals surface area contributed by atoms with Crippen molar-refractivity contribution in [2.75, 3.05) is 18.2 Å². The van der Waals surface area contributed by atoms with Crippen LogP contribution in [0.25, 0.3) is 11.1 Å². The summed E-state index contributed by atoms with van der Waals surface area (Å²) in [6, 6.07) is 4.82. The Morgan fingerprint density at radius 2 is 2.15 bits per heavy atom. The molecule has 0 radical (unpaired) electrons. The van der Waals surface area contributed by atoms with Crippen LogP contribution in [0.5, 0.6) is 5.75 Å². The number of halogens is 1. The first-order valence-corrected chi connectivity index (χ1v) is 9.45. The number of hydrogen-bond acceptors (Lipinski definition) is 4. The number of alkyl halides is 1. The quantitative estimate of drug-likeness (QED) is 0.854. The largest absolute Gasteiger partial charge is 0.490 e. The van der Waals surface area contributed by atoms with Crippen molar-refractivity contribution >= 4 is 5.69 Å². The number of hydrogen-bond donors (Lipinski definition) is 1. The third-order valence-electron chi connectivity index (χ3n) is 5.36. The molecule has 1 N–H and O–H groups in total. The molecule has 1 aromatic heterocycles. The highest BCUT2D eigenvalue weighted by Crippen LogP contribution is 2.44. The molecule has 4 rings (SSSR count). The molecular formula is C20H26FN3O2. The Morgan fingerprint density at radius 3 is 2.85 bits per heavy atom. The average Bonchev–Trinajstić information content (AvgIpc) is 3.36. The summed E-state index contributed by atoms with van der Waals surface area (Å²) in [6.07, 6.45) is 7.47. The lowest BCUT2D eigenvalue weighted by atomic mass is 9.92. The fourth-order valence-electron chi connectivity index (χ4n) is 3.95. The molecule has 1 fully saturated rings. The van der Waals surface area contributed by atoms with Crippen molar-refractivity contribution in [2.45, 2.75) is 57.8 Å². The number of benzene rings is 1. The van der Waals surface area contributed by atoms with Gasteiger partial charge in [-0.25, -0.2) is 4.39 Å². The van der Waals surface area contributed by atoms with Crippen LogP contribution < -0.4 is 9.64 Å². The lowest BCUT2D eigenvalue weighted by Gasteiger charge is -2.40. The van der Waals surface area contributed by atoms with Gasteiger partial charge in [-0.15, -0.1) is 0 Å². The zero-order chi connectivity index (χ0) is 18.3. The van der Waals surface area contributed by atoms with Gasteiger partial charge in [0.2, 0.25) is 0 Å². The van der Waals surface area contributed by atoms with Crippen molar-refractivity contribution in [1.29, 1.82) is 0 Å². The number of nitrogens with zero attached hydrogens (tertiary/aromatic N) is 3. The molecule has 2 aliphatic rings. The average molecular weight is 359 g/mol. The van der Waals surface area contributed by atoms with Gasteiger partial charge in [-0.1, -0.05) is 0 Å². The van der Waals surface area contributed by atoms with Gasteiger partial charge in [0.05, 0.1) is 12.2 Å². The molecular weight excluding hydrogens is 333 g/mol. The third-order valence-corrected chi connectivity index (χ3v) is 5.36. The molecule has 5 nitrogen and oxygen atoms in total. The Morgan fingerprint density at radius 1 is 1.35 bits per heavy atom. The van der Waals surface area contributed by atoms with E-state index in [1.807, 2.05) is 27.9 Å². The van der Waals surface area contributed by atoms with Crippen molar-refractivity contribution in [2.24, 2.45) is 0 Å². The number of anilines is 1. The van der Waals surface area contributed by atoms with Crippen molar-refractivity contribution < 1.29 is 14.2 Å². The van der Waals surface area contributed by atoms with Gasteiger partial charge >= 0.3 is 0 Å². The van der Waals surface area contributed by atoms with E-state index in [1.54, 1.807) is 6.92 Å². The Balaban J connectivity index is 1.79. The molecule has 2 heterocycles. The molecule has 1 aliphatic carbocycles. The molecule has 6 heteroatoms. The van der Waals surface area contributed by atoms with Gasteiger partial charge in [-0.2, -0.15) is 5.10 Å². The summed E-state index contributed by atoms with van der Waals surface area (Å²) in [5.74, 6) is 0.730. The maximum atomic E-state index is 12.8. The smallest absolute Gasteiger partial charge is 0.132 e. The summed E-state index contributed by atoms with van der Waals surface area (Å²) in [4.78, 5) is 2.01. The van der Waals surface area contributed by atoms with Crippen LogP contribution in [0.1, 0.15) is 44.7 Å². The minimum Gasteiger partial charge on any atom is -0.490 e. The van der Waals surface area contributed by atoms with E-state index >= 15 is 0 Å². The number of rotatable bonds is 6. The predicted octanol–water partition coefficient (Wildman–Crippen LogP) is 3.71. The van der Waals surface area contributed by atoms with Crippen LogP contribution in [-0.4, -0.2) is 40.4 Å². The van der Waals surface area contributed by atoms with E-state index in [4.69, 9.17) is 4.74 Å². The van der Waals surface area contributed by atoms with Gasteiger partial charge in [-0.05, 0) is 51.7 Å². The first-order valence-electron chi connectivity index (χ1n) is 9.45. The van der Waals surface area contributed by atoms with Crippen molar-refractivity contribution in [3.63, 3.8) is 0 Å². The maximum absolute atomic E-state index is 12.8. The standard InChI is InChI=1S/C20H26FN3O2/c1-13-3-6-18-19(24(13)14(2)25)8-7-17(20(18)26-10-9-21)15-11-22-23(12-15)16-4-5-16/h7-8,11-14,16,25H,3-6,9-10H2,1-2H3/t13-,14?/m0/s1. The van der Waals surface area contributed by atoms with Gasteiger partial charge in [0, 0.05) is 34.6 Å². The van der Waals surface area contributed by atoms with Crippen LogP contribution in [0.4, 0.5) is 10.1 Å². The molecule has 0 amide bonds. The lowest BCUT2D eigenvalue weighted by molar-refractivity contribution is 0.174. The zero-order valence-corrected chi connectivity index (χ0v) is 15.4. The van der Waals surface area contributed by atoms with Crippen LogP contribution in [0.2, 0.25) is 0 Å². The van der Waals surface area contributed by atoms with Crippen LogP contribution in [0.3, 0.4) is 0 Å². The number of aliphatic hydroxyl groups excluding tert-OH is 1. The number of fused-ring (bicyclic) bond motifs is 1. The van der Waals surface area contributed by atoms with E-state index in [2.05, 4.69) is 18.2 Å². The van der Waals surface area contributed by atoms with E-state index in [0.717, 1.165) is 41.0 Å². The molecule has 0 bridgehead atoms. The Kier molecular flexibility index (Phi) is 4.61. The highest BCUT2D eigenvalue weighted by molar-refractivity contribution is 5.77. The first-order chi connectivity index (χ1) is 12.6. The number of aromatic nitrogens is 2. The van der Waals surface area contributed by atoms with Gasteiger partial charge in [0.25, 0.3) is 0 Å². The van der Waals surface area contributed by atoms with E-state index in [1.165, 1.54) is 12.8 Å². The van der Waals surface area contributed by atoms with E-state index < -0.39 is 12.9 Å². The van der Waals surface area contributed by atoms with E-state index in [-0.39, 0.29) is 12.6 Å². The molecule has 1 aromatic carbocycles. The molecule has 1 saturated carbocycles. The third kappa shape index (κ3) is 3.07. The SMILES string of the molecule is CC(O)N1c2ccc(-c3cnn(C4CC4)c3)c(OCCF)c2CC[C@@H]1C. The van der Waals surface area contributed by atoms with Crippen LogP contribution >= 0.6 is 0 Å². The van der Waals surface area contributed by atoms with Crippen LogP contribution in [0.15, 0.2) is 24.5 Å². The Labute approximate surface area is 153 Å². The van der Waals surface area contributed by atoms with Gasteiger partial charge in [0.15, 0.2) is 0 Å². The maximum Gasteiger partial charge on any atom is 0.132 e. The molecule has 2 aromatic rings. The minimum absolute atomic E-state index is 0.0322. The van der Waals surface area contributed by atoms with E-state index in [9.17, 15) is 9.50 Å². The molecule has 0 spiro atoms. The monoisotopic (exact) mass is 359 g/mol. The highest BCUT2D eigenvalue weighted by atomic mass is 19.1. The molecule has 26 heavy (non-hydrogen) atoms. The van der Waals surface area contributed by atoms with Crippen molar-refractivity contribution in [3.8, 4) is 16.9 Å². The summed E-state index contributed by atoms with van der Waals surface area (Å²) < 4.78 is 20.7. The molecule has 2 atom stereocenters. The fraction of sp³-hybridized carbons (Fsp3) is 0.550. The van der Waals surface area contributed by atoms with Gasteiger partial charge in [-0.3, -0.25) is 4.68 Å². The second-order valence-corrected chi connectivity index (χ2v) is 7.34. The first kappa shape index (κ1) is 17.3. The Hall–Kier alpha value is -2.08. The molecule has 1 unspecified atom stereocenters. The number of aliphatic hydroxyl groups is 1. The number of ether oxygens (including phenoxy) is 1. The van der Waals surface area contributed by atoms with Crippen molar-refractivity contribution in [3.05, 3.63) is 30.1 Å².